The van der Waals surface area contributed by atoms with Gasteiger partial charge in [0.05, 0.1) is 16.5 Å². The fourth-order valence-corrected chi connectivity index (χ4v) is 6.39. The summed E-state index contributed by atoms with van der Waals surface area (Å²) in [6, 6.07) is 32.1. The summed E-state index contributed by atoms with van der Waals surface area (Å²) in [4.78, 5) is 15.1. The van der Waals surface area contributed by atoms with Gasteiger partial charge in [0.25, 0.3) is 0 Å². The molecule has 4 rings (SSSR count). The molecule has 0 aromatic heterocycles. The van der Waals surface area contributed by atoms with E-state index in [1.807, 2.05) is 0 Å². The Balaban J connectivity index is 1.94. The third-order valence-electron chi connectivity index (χ3n) is 5.81. The number of alkyl halides is 1. The van der Waals surface area contributed by atoms with Gasteiger partial charge in [0.1, 0.15) is 0 Å². The topological polar surface area (TPSA) is 20.3 Å². The number of carbonyl (C=O) groups is 1. The van der Waals surface area contributed by atoms with Gasteiger partial charge in [-0.25, -0.2) is 0 Å². The molecular formula is C26H26BrNOS. The van der Waals surface area contributed by atoms with Crippen LogP contribution >= 0.6 is 27.7 Å². The van der Waals surface area contributed by atoms with Crippen LogP contribution in [0.1, 0.15) is 29.5 Å². The molecule has 0 spiro atoms. The van der Waals surface area contributed by atoms with Crippen LogP contribution in [0.25, 0.3) is 0 Å². The summed E-state index contributed by atoms with van der Waals surface area (Å²) in [7, 11) is 0. The van der Waals surface area contributed by atoms with E-state index in [1.165, 1.54) is 16.7 Å². The third kappa shape index (κ3) is 3.95. The fourth-order valence-electron chi connectivity index (χ4n) is 4.46. The predicted octanol–water partition coefficient (Wildman–Crippen LogP) is 6.10. The number of hydrogen-bond donors (Lipinski definition) is 0. The minimum atomic E-state index is -0.436. The maximum absolute atomic E-state index is 13.0. The van der Waals surface area contributed by atoms with Crippen molar-refractivity contribution < 1.29 is 4.79 Å². The number of halogens is 1. The highest BCUT2D eigenvalue weighted by Crippen LogP contribution is 2.50. The number of rotatable bonds is 8. The van der Waals surface area contributed by atoms with E-state index < -0.39 is 5.41 Å². The molecular weight excluding hydrogens is 454 g/mol. The zero-order valence-corrected chi connectivity index (χ0v) is 19.3. The summed E-state index contributed by atoms with van der Waals surface area (Å²) in [6.45, 7) is 0.788. The van der Waals surface area contributed by atoms with Gasteiger partial charge in [-0.2, -0.15) is 0 Å². The first-order valence-corrected chi connectivity index (χ1v) is 12.6. The highest BCUT2D eigenvalue weighted by molar-refractivity contribution is 9.09. The van der Waals surface area contributed by atoms with Crippen LogP contribution in [0.5, 0.6) is 0 Å². The molecule has 154 valence electrons. The second kappa shape index (κ2) is 9.84. The fraction of sp³-hybridized carbons (Fsp3) is 0.269. The van der Waals surface area contributed by atoms with E-state index in [-0.39, 0.29) is 11.3 Å². The van der Waals surface area contributed by atoms with Crippen molar-refractivity contribution >= 4 is 33.6 Å². The zero-order chi connectivity index (χ0) is 20.8. The Morgan fingerprint density at radius 1 is 0.800 bits per heavy atom. The quantitative estimate of drug-likeness (QED) is 0.221. The molecule has 1 saturated heterocycles. The number of unbranched alkanes of at least 4 members (excludes halogenated alkanes) is 1. The predicted molar refractivity (Wildman–Crippen MR) is 130 cm³/mol. The monoisotopic (exact) mass is 479 g/mol. The Kier molecular flexibility index (Phi) is 6.96. The average molecular weight is 480 g/mol. The molecule has 1 fully saturated rings. The van der Waals surface area contributed by atoms with Crippen molar-refractivity contribution in [3.8, 4) is 0 Å². The Morgan fingerprint density at radius 2 is 1.27 bits per heavy atom. The van der Waals surface area contributed by atoms with Gasteiger partial charge in [0.15, 0.2) is 0 Å². The molecule has 1 atom stereocenters. The Morgan fingerprint density at radius 3 is 1.70 bits per heavy atom. The summed E-state index contributed by atoms with van der Waals surface area (Å²) in [5.41, 5.74) is 3.23. The van der Waals surface area contributed by atoms with E-state index in [0.29, 0.717) is 5.75 Å². The molecule has 0 radical (unpaired) electrons. The molecule has 1 aliphatic heterocycles. The van der Waals surface area contributed by atoms with Gasteiger partial charge < -0.3 is 4.90 Å². The standard InChI is InChI=1S/C26H26BrNOS/c27-18-10-11-19-28-24(29)20-30-25(28)26(21-12-4-1-5-13-21,22-14-6-2-7-15-22)23-16-8-3-9-17-23/h1-9,12-17,25H,10-11,18-20H2. The van der Waals surface area contributed by atoms with Gasteiger partial charge in [0.2, 0.25) is 5.91 Å². The zero-order valence-electron chi connectivity index (χ0n) is 16.9. The maximum atomic E-state index is 13.0. The van der Waals surface area contributed by atoms with Crippen LogP contribution in [0.2, 0.25) is 0 Å². The van der Waals surface area contributed by atoms with Crippen molar-refractivity contribution in [2.24, 2.45) is 0 Å². The first-order chi connectivity index (χ1) is 14.8. The van der Waals surface area contributed by atoms with Crippen LogP contribution in [0.3, 0.4) is 0 Å². The molecule has 0 saturated carbocycles. The number of carbonyl (C=O) groups excluding carboxylic acids is 1. The number of hydrogen-bond acceptors (Lipinski definition) is 2. The second-order valence-corrected chi connectivity index (χ2v) is 9.41. The van der Waals surface area contributed by atoms with Crippen LogP contribution in [0.15, 0.2) is 91.0 Å². The lowest BCUT2D eigenvalue weighted by molar-refractivity contribution is -0.128. The van der Waals surface area contributed by atoms with Crippen molar-refractivity contribution in [1.29, 1.82) is 0 Å². The van der Waals surface area contributed by atoms with E-state index in [2.05, 4.69) is 112 Å². The molecule has 4 heteroatoms. The van der Waals surface area contributed by atoms with E-state index in [9.17, 15) is 4.79 Å². The number of amides is 1. The molecule has 0 bridgehead atoms. The van der Waals surface area contributed by atoms with Gasteiger partial charge in [-0.1, -0.05) is 107 Å². The summed E-state index contributed by atoms with van der Waals surface area (Å²) in [6.07, 6.45) is 2.07. The normalized spacial score (nSPS) is 16.8. The van der Waals surface area contributed by atoms with Crippen molar-refractivity contribution in [1.82, 2.24) is 4.90 Å². The van der Waals surface area contributed by atoms with Crippen LogP contribution in [0, 0.1) is 0 Å². The van der Waals surface area contributed by atoms with Gasteiger partial charge in [-0.05, 0) is 29.5 Å². The molecule has 0 N–H and O–H groups in total. The smallest absolute Gasteiger partial charge is 0.233 e. The average Bonchev–Trinajstić information content (AvgIpc) is 3.17. The summed E-state index contributed by atoms with van der Waals surface area (Å²) < 4.78 is 0. The van der Waals surface area contributed by atoms with Crippen molar-refractivity contribution in [3.63, 3.8) is 0 Å². The van der Waals surface area contributed by atoms with Gasteiger partial charge >= 0.3 is 0 Å². The summed E-state index contributed by atoms with van der Waals surface area (Å²) in [5.74, 6) is 0.777. The van der Waals surface area contributed by atoms with Crippen LogP contribution in [-0.2, 0) is 10.2 Å². The van der Waals surface area contributed by atoms with E-state index in [0.717, 1.165) is 24.7 Å². The van der Waals surface area contributed by atoms with E-state index in [1.54, 1.807) is 11.8 Å². The molecule has 2 nitrogen and oxygen atoms in total. The van der Waals surface area contributed by atoms with Gasteiger partial charge in [-0.15, -0.1) is 11.8 Å². The lowest BCUT2D eigenvalue weighted by atomic mass is 9.68. The van der Waals surface area contributed by atoms with Crippen LogP contribution in [0.4, 0.5) is 0 Å². The first kappa shape index (κ1) is 21.2. The Labute approximate surface area is 191 Å². The highest BCUT2D eigenvalue weighted by atomic mass is 79.9. The minimum absolute atomic E-state index is 0.00697. The van der Waals surface area contributed by atoms with E-state index >= 15 is 0 Å². The maximum Gasteiger partial charge on any atom is 0.233 e. The van der Waals surface area contributed by atoms with Gasteiger partial charge in [0, 0.05) is 11.9 Å². The molecule has 1 aliphatic rings. The molecule has 1 unspecified atom stereocenters. The van der Waals surface area contributed by atoms with E-state index in [4.69, 9.17) is 0 Å². The molecule has 3 aromatic carbocycles. The summed E-state index contributed by atoms with van der Waals surface area (Å²) >= 11 is 5.30. The summed E-state index contributed by atoms with van der Waals surface area (Å²) in [5, 5.41) is 0.973. The van der Waals surface area contributed by atoms with Crippen molar-refractivity contribution in [2.45, 2.75) is 23.6 Å². The molecule has 30 heavy (non-hydrogen) atoms. The van der Waals surface area contributed by atoms with Crippen LogP contribution < -0.4 is 0 Å². The molecule has 3 aromatic rings. The van der Waals surface area contributed by atoms with Crippen molar-refractivity contribution in [3.05, 3.63) is 108 Å². The SMILES string of the molecule is O=C1CSC(C(c2ccccc2)(c2ccccc2)c2ccccc2)N1CCCCBr. The van der Waals surface area contributed by atoms with Crippen molar-refractivity contribution in [2.75, 3.05) is 17.6 Å². The molecule has 1 amide bonds. The number of benzene rings is 3. The first-order valence-electron chi connectivity index (χ1n) is 10.4. The largest absolute Gasteiger partial charge is 0.328 e. The van der Waals surface area contributed by atoms with Gasteiger partial charge in [-0.3, -0.25) is 4.79 Å². The minimum Gasteiger partial charge on any atom is -0.328 e. The number of nitrogens with zero attached hydrogens (tertiary/aromatic N) is 1. The molecule has 0 aliphatic carbocycles. The van der Waals surface area contributed by atoms with Crippen LogP contribution in [-0.4, -0.2) is 33.8 Å². The Bertz CT molecular complexity index is 852. The number of thioether (sulfide) groups is 1. The lowest BCUT2D eigenvalue weighted by Crippen LogP contribution is -2.49. The lowest BCUT2D eigenvalue weighted by Gasteiger charge is -2.44. The highest BCUT2D eigenvalue weighted by Gasteiger charge is 2.50. The molecule has 1 heterocycles. The second-order valence-electron chi connectivity index (χ2n) is 7.55. The third-order valence-corrected chi connectivity index (χ3v) is 7.71. The Hall–Kier alpha value is -2.04.